The first-order valence-corrected chi connectivity index (χ1v) is 7.76. The van der Waals surface area contributed by atoms with Crippen LogP contribution in [0.5, 0.6) is 0 Å². The molecule has 0 aliphatic heterocycles. The number of imidazole rings is 1. The van der Waals surface area contributed by atoms with Crippen molar-refractivity contribution in [3.63, 3.8) is 0 Å². The summed E-state index contributed by atoms with van der Waals surface area (Å²) in [6.45, 7) is -0.280. The molecule has 134 valence electrons. The number of nitrogens with one attached hydrogen (secondary N) is 2. The molecule has 9 heteroatoms. The molecule has 0 aliphatic rings. The number of aromatic nitrogens is 4. The number of benzene rings is 1. The molecule has 2 aromatic heterocycles. The summed E-state index contributed by atoms with van der Waals surface area (Å²) in [7, 11) is 1.78. The fourth-order valence-electron chi connectivity index (χ4n) is 2.54. The summed E-state index contributed by atoms with van der Waals surface area (Å²) >= 11 is 0. The minimum absolute atomic E-state index is 0.280. The van der Waals surface area contributed by atoms with Crippen LogP contribution in [0, 0.1) is 5.82 Å². The normalized spacial score (nSPS) is 11.9. The lowest BCUT2D eigenvalue weighted by molar-refractivity contribution is -0.122. The number of nitrogens with zero attached hydrogens (tertiary/aromatic N) is 3. The summed E-state index contributed by atoms with van der Waals surface area (Å²) in [5.74, 6) is -0.297. The van der Waals surface area contributed by atoms with Gasteiger partial charge in [0.2, 0.25) is 5.91 Å². The van der Waals surface area contributed by atoms with Crippen LogP contribution in [0.4, 0.5) is 4.39 Å². The van der Waals surface area contributed by atoms with Gasteiger partial charge in [0.05, 0.1) is 0 Å². The molecule has 26 heavy (non-hydrogen) atoms. The van der Waals surface area contributed by atoms with E-state index >= 15 is 0 Å². The number of aryl methyl sites for hydroxylation is 1. The van der Waals surface area contributed by atoms with Crippen LogP contribution >= 0.6 is 0 Å². The predicted molar refractivity (Wildman–Crippen MR) is 90.9 cm³/mol. The molecule has 0 saturated heterocycles. The number of halogens is 1. The van der Waals surface area contributed by atoms with Crippen LogP contribution in [0.1, 0.15) is 17.4 Å². The van der Waals surface area contributed by atoms with E-state index in [4.69, 9.17) is 0 Å². The average Bonchev–Trinajstić information content (AvgIpc) is 3.02. The average molecular weight is 357 g/mol. The Morgan fingerprint density at radius 1 is 1.23 bits per heavy atom. The van der Waals surface area contributed by atoms with E-state index in [2.05, 4.69) is 15.3 Å². The van der Waals surface area contributed by atoms with Crippen molar-refractivity contribution in [2.45, 2.75) is 12.6 Å². The molecule has 1 atom stereocenters. The molecule has 3 aromatic rings. The summed E-state index contributed by atoms with van der Waals surface area (Å²) in [6, 6.07) is 6.24. The van der Waals surface area contributed by atoms with E-state index in [1.165, 1.54) is 18.3 Å². The van der Waals surface area contributed by atoms with E-state index in [9.17, 15) is 18.8 Å². The van der Waals surface area contributed by atoms with Crippen molar-refractivity contribution < 1.29 is 9.18 Å². The summed E-state index contributed by atoms with van der Waals surface area (Å²) in [5.41, 5.74) is -0.574. The van der Waals surface area contributed by atoms with Gasteiger partial charge in [-0.2, -0.15) is 0 Å². The minimum atomic E-state index is -0.678. The van der Waals surface area contributed by atoms with Crippen LogP contribution in [0.25, 0.3) is 0 Å². The molecular weight excluding hydrogens is 341 g/mol. The number of carbonyl (C=O) groups excluding carboxylic acids is 1. The van der Waals surface area contributed by atoms with Crippen molar-refractivity contribution in [1.29, 1.82) is 0 Å². The number of aromatic amines is 1. The Morgan fingerprint density at radius 3 is 2.58 bits per heavy atom. The van der Waals surface area contributed by atoms with Crippen molar-refractivity contribution in [1.82, 2.24) is 24.4 Å². The summed E-state index contributed by atoms with van der Waals surface area (Å²) < 4.78 is 16.0. The fraction of sp³-hybridized carbons (Fsp3) is 0.176. The van der Waals surface area contributed by atoms with Crippen molar-refractivity contribution in [3.8, 4) is 0 Å². The van der Waals surface area contributed by atoms with Gasteiger partial charge in [-0.1, -0.05) is 12.1 Å². The van der Waals surface area contributed by atoms with E-state index in [-0.39, 0.29) is 6.54 Å². The van der Waals surface area contributed by atoms with E-state index in [0.717, 1.165) is 10.6 Å². The van der Waals surface area contributed by atoms with E-state index in [1.807, 2.05) is 0 Å². The van der Waals surface area contributed by atoms with Crippen LogP contribution in [-0.4, -0.2) is 25.0 Å². The lowest BCUT2D eigenvalue weighted by Crippen LogP contribution is -2.37. The highest BCUT2D eigenvalue weighted by Gasteiger charge is 2.21. The zero-order valence-corrected chi connectivity index (χ0v) is 13.8. The molecule has 0 radical (unpaired) electrons. The zero-order chi connectivity index (χ0) is 18.7. The Hall–Kier alpha value is -3.49. The second-order valence-electron chi connectivity index (χ2n) is 5.69. The third kappa shape index (κ3) is 3.77. The molecular formula is C17H16FN5O3. The molecule has 2 heterocycles. The monoisotopic (exact) mass is 357 g/mol. The standard InChI is InChI=1S/C17H16FN5O3/c1-22-9-7-19-16(22)15(11-2-4-12(18)5-3-11)20-14(25)10-23-8-6-13(24)21-17(23)26/h2-9,15H,10H2,1H3,(H,20,25)(H,21,24,26)/t15-/m1/s1. The molecule has 0 fully saturated rings. The third-order valence-electron chi connectivity index (χ3n) is 3.84. The lowest BCUT2D eigenvalue weighted by Gasteiger charge is -2.19. The molecule has 1 aromatic carbocycles. The van der Waals surface area contributed by atoms with Crippen molar-refractivity contribution in [2.24, 2.45) is 7.05 Å². The molecule has 3 rings (SSSR count). The fourth-order valence-corrected chi connectivity index (χ4v) is 2.54. The molecule has 1 amide bonds. The van der Waals surface area contributed by atoms with Crippen LogP contribution in [-0.2, 0) is 18.4 Å². The molecule has 0 saturated carbocycles. The van der Waals surface area contributed by atoms with Gasteiger partial charge in [-0.15, -0.1) is 0 Å². The van der Waals surface area contributed by atoms with E-state index in [0.29, 0.717) is 11.4 Å². The zero-order valence-electron chi connectivity index (χ0n) is 13.8. The summed E-state index contributed by atoms with van der Waals surface area (Å²) in [6.07, 6.45) is 4.56. The lowest BCUT2D eigenvalue weighted by atomic mass is 10.1. The Labute approximate surface area is 146 Å². The first kappa shape index (κ1) is 17.3. The Morgan fingerprint density at radius 2 is 1.96 bits per heavy atom. The van der Waals surface area contributed by atoms with Crippen molar-refractivity contribution in [3.05, 3.63) is 87.0 Å². The second-order valence-corrected chi connectivity index (χ2v) is 5.69. The Balaban J connectivity index is 1.87. The SMILES string of the molecule is Cn1ccnc1[C@H](NC(=O)Cn1ccc(=O)[nH]c1=O)c1ccc(F)cc1. The van der Waals surface area contributed by atoms with Gasteiger partial charge in [0.15, 0.2) is 0 Å². The number of hydrogen-bond acceptors (Lipinski definition) is 4. The van der Waals surface area contributed by atoms with Crippen LogP contribution < -0.4 is 16.6 Å². The van der Waals surface area contributed by atoms with Crippen LogP contribution in [0.2, 0.25) is 0 Å². The largest absolute Gasteiger partial charge is 0.341 e. The number of H-pyrrole nitrogens is 1. The molecule has 8 nitrogen and oxygen atoms in total. The highest BCUT2D eigenvalue weighted by molar-refractivity contribution is 5.76. The third-order valence-corrected chi connectivity index (χ3v) is 3.84. The maximum absolute atomic E-state index is 13.2. The van der Waals surface area contributed by atoms with Crippen molar-refractivity contribution >= 4 is 5.91 Å². The summed E-state index contributed by atoms with van der Waals surface area (Å²) in [5, 5.41) is 2.79. The first-order valence-electron chi connectivity index (χ1n) is 7.76. The second kappa shape index (κ2) is 7.18. The molecule has 0 spiro atoms. The van der Waals surface area contributed by atoms with E-state index < -0.39 is 29.0 Å². The van der Waals surface area contributed by atoms with Gasteiger partial charge in [0, 0.05) is 31.7 Å². The first-order chi connectivity index (χ1) is 12.4. The highest BCUT2D eigenvalue weighted by Crippen LogP contribution is 2.20. The molecule has 0 unspecified atom stereocenters. The van der Waals surface area contributed by atoms with Gasteiger partial charge in [-0.3, -0.25) is 19.1 Å². The highest BCUT2D eigenvalue weighted by atomic mass is 19.1. The maximum Gasteiger partial charge on any atom is 0.328 e. The quantitative estimate of drug-likeness (QED) is 0.686. The molecule has 0 aliphatic carbocycles. The maximum atomic E-state index is 13.2. The molecule has 0 bridgehead atoms. The Bertz CT molecular complexity index is 1040. The van der Waals surface area contributed by atoms with E-state index in [1.54, 1.807) is 36.1 Å². The minimum Gasteiger partial charge on any atom is -0.341 e. The number of hydrogen-bond donors (Lipinski definition) is 2. The van der Waals surface area contributed by atoms with Gasteiger partial charge in [0.25, 0.3) is 5.56 Å². The number of carbonyl (C=O) groups is 1. The number of rotatable bonds is 5. The van der Waals surface area contributed by atoms with Gasteiger partial charge in [-0.25, -0.2) is 14.2 Å². The van der Waals surface area contributed by atoms with Gasteiger partial charge >= 0.3 is 5.69 Å². The van der Waals surface area contributed by atoms with Gasteiger partial charge in [0.1, 0.15) is 24.2 Å². The van der Waals surface area contributed by atoms with Gasteiger partial charge in [-0.05, 0) is 17.7 Å². The number of amides is 1. The predicted octanol–water partition coefficient (Wildman–Crippen LogP) is 0.315. The van der Waals surface area contributed by atoms with Crippen molar-refractivity contribution in [2.75, 3.05) is 0 Å². The summed E-state index contributed by atoms with van der Waals surface area (Å²) in [4.78, 5) is 41.6. The Kier molecular flexibility index (Phi) is 4.78. The van der Waals surface area contributed by atoms with Crippen LogP contribution in [0.15, 0.2) is 58.5 Å². The van der Waals surface area contributed by atoms with Gasteiger partial charge < -0.3 is 9.88 Å². The molecule has 2 N–H and O–H groups in total. The van der Waals surface area contributed by atoms with Crippen LogP contribution in [0.3, 0.4) is 0 Å². The smallest absolute Gasteiger partial charge is 0.328 e. The topological polar surface area (TPSA) is 102 Å².